The van der Waals surface area contributed by atoms with Crippen LogP contribution in [-0.4, -0.2) is 53.2 Å². The fourth-order valence-electron chi connectivity index (χ4n) is 1.94. The van der Waals surface area contributed by atoms with E-state index in [1.165, 1.54) is 0 Å². The molecule has 0 saturated carbocycles. The third kappa shape index (κ3) is 11.4. The predicted octanol–water partition coefficient (Wildman–Crippen LogP) is 2.09. The molecular formula is C17H28N6OS4. The first kappa shape index (κ1) is 24.6. The lowest BCUT2D eigenvalue weighted by Gasteiger charge is -2.13. The first-order valence-corrected chi connectivity index (χ1v) is 12.4. The van der Waals surface area contributed by atoms with Crippen LogP contribution in [0.5, 0.6) is 0 Å². The van der Waals surface area contributed by atoms with Crippen LogP contribution < -0.4 is 32.3 Å². The number of carbonyl (C=O) groups is 1. The van der Waals surface area contributed by atoms with Gasteiger partial charge >= 0.3 is 0 Å². The number of hydrazine groups is 2. The summed E-state index contributed by atoms with van der Waals surface area (Å²) < 4.78 is 0. The normalized spacial score (nSPS) is 9.93. The number of thioether (sulfide) groups is 2. The number of anilines is 1. The first-order valence-electron chi connectivity index (χ1n) is 8.78. The summed E-state index contributed by atoms with van der Waals surface area (Å²) in [5, 5.41) is 7.09. The fraction of sp³-hybridized carbons (Fsp3) is 0.471. The molecule has 0 atom stereocenters. The molecular weight excluding hydrogens is 432 g/mol. The van der Waals surface area contributed by atoms with Crippen LogP contribution in [0.1, 0.15) is 23.2 Å². The maximum absolute atomic E-state index is 12.1. The molecule has 0 bridgehead atoms. The number of nitrogens with one attached hydrogen (secondary N) is 6. The summed E-state index contributed by atoms with van der Waals surface area (Å²) in [5.74, 6) is 1.90. The van der Waals surface area contributed by atoms with Crippen molar-refractivity contribution in [2.45, 2.75) is 12.8 Å². The Kier molecular flexibility index (Phi) is 13.6. The van der Waals surface area contributed by atoms with E-state index in [4.69, 9.17) is 24.4 Å². The fourth-order valence-corrected chi connectivity index (χ4v) is 3.12. The average molecular weight is 461 g/mol. The molecule has 28 heavy (non-hydrogen) atoms. The molecule has 156 valence electrons. The highest BCUT2D eigenvalue weighted by molar-refractivity contribution is 7.98. The van der Waals surface area contributed by atoms with Crippen LogP contribution in [0.15, 0.2) is 24.3 Å². The standard InChI is InChI=1S/C17H28N6OS4/c1-27-11-3-9-18-16(25)22-20-14-7-5-13(6-8-14)15(24)21-23-17(26)19-10-4-12-28-2/h5-8,20H,3-4,9-12H2,1-2H3,(H,21,24)(H2,18,22,25)(H2,19,23,26). The van der Waals surface area contributed by atoms with Gasteiger partial charge in [0.05, 0.1) is 5.69 Å². The summed E-state index contributed by atoms with van der Waals surface area (Å²) in [6.07, 6.45) is 6.21. The summed E-state index contributed by atoms with van der Waals surface area (Å²) in [4.78, 5) is 12.1. The Labute approximate surface area is 186 Å². The number of amides is 1. The third-order valence-electron chi connectivity index (χ3n) is 3.38. The zero-order valence-electron chi connectivity index (χ0n) is 16.1. The third-order valence-corrected chi connectivity index (χ3v) is 5.27. The first-order chi connectivity index (χ1) is 13.6. The van der Waals surface area contributed by atoms with Crippen molar-refractivity contribution in [3.8, 4) is 0 Å². The molecule has 0 spiro atoms. The lowest BCUT2D eigenvalue weighted by atomic mass is 10.2. The van der Waals surface area contributed by atoms with Crippen molar-refractivity contribution >= 4 is 69.8 Å². The number of hydrogen-bond acceptors (Lipinski definition) is 6. The van der Waals surface area contributed by atoms with Crippen LogP contribution in [0.3, 0.4) is 0 Å². The second-order valence-electron chi connectivity index (χ2n) is 5.61. The van der Waals surface area contributed by atoms with E-state index in [9.17, 15) is 4.79 Å². The molecule has 0 fully saturated rings. The molecule has 0 saturated heterocycles. The molecule has 0 aliphatic rings. The molecule has 0 unspecified atom stereocenters. The van der Waals surface area contributed by atoms with Gasteiger partial charge in [0.25, 0.3) is 5.91 Å². The minimum atomic E-state index is -0.265. The highest BCUT2D eigenvalue weighted by atomic mass is 32.2. The summed E-state index contributed by atoms with van der Waals surface area (Å²) in [5.41, 5.74) is 12.5. The van der Waals surface area contributed by atoms with Crippen LogP contribution in [-0.2, 0) is 0 Å². The van der Waals surface area contributed by atoms with Gasteiger partial charge in [-0.05, 0) is 85.6 Å². The van der Waals surface area contributed by atoms with Crippen LogP contribution >= 0.6 is 48.0 Å². The van der Waals surface area contributed by atoms with Crippen molar-refractivity contribution < 1.29 is 4.79 Å². The van der Waals surface area contributed by atoms with Gasteiger partial charge in [-0.15, -0.1) is 0 Å². The van der Waals surface area contributed by atoms with Crippen LogP contribution in [0.2, 0.25) is 0 Å². The van der Waals surface area contributed by atoms with Crippen LogP contribution in [0.25, 0.3) is 0 Å². The molecule has 0 aliphatic heterocycles. The van der Waals surface area contributed by atoms with Gasteiger partial charge in [0.2, 0.25) is 0 Å². The smallest absolute Gasteiger partial charge is 0.269 e. The molecule has 0 radical (unpaired) electrons. The van der Waals surface area contributed by atoms with Gasteiger partial charge in [-0.1, -0.05) is 0 Å². The van der Waals surface area contributed by atoms with Gasteiger partial charge in [-0.2, -0.15) is 23.5 Å². The minimum Gasteiger partial charge on any atom is -0.361 e. The second-order valence-corrected chi connectivity index (χ2v) is 8.40. The number of thiocarbonyl (C=S) groups is 2. The van der Waals surface area contributed by atoms with Gasteiger partial charge < -0.3 is 10.6 Å². The van der Waals surface area contributed by atoms with Crippen molar-refractivity contribution in [2.24, 2.45) is 0 Å². The topological polar surface area (TPSA) is 89.2 Å². The summed E-state index contributed by atoms with van der Waals surface area (Å²) in [6, 6.07) is 7.00. The Morgan fingerprint density at radius 1 is 0.857 bits per heavy atom. The summed E-state index contributed by atoms with van der Waals surface area (Å²) in [6.45, 7) is 1.60. The monoisotopic (exact) mass is 460 g/mol. The van der Waals surface area contributed by atoms with E-state index in [0.717, 1.165) is 43.1 Å². The van der Waals surface area contributed by atoms with Crippen molar-refractivity contribution in [3.63, 3.8) is 0 Å². The Bertz CT molecular complexity index is 614. The average Bonchev–Trinajstić information content (AvgIpc) is 2.71. The van der Waals surface area contributed by atoms with Crippen LogP contribution in [0, 0.1) is 0 Å². The molecule has 1 aromatic rings. The van der Waals surface area contributed by atoms with Gasteiger partial charge in [-0.25, -0.2) is 0 Å². The number of carbonyl (C=O) groups excluding carboxylic acids is 1. The molecule has 7 nitrogen and oxygen atoms in total. The van der Waals surface area contributed by atoms with E-state index in [2.05, 4.69) is 44.8 Å². The molecule has 0 aromatic heterocycles. The quantitative estimate of drug-likeness (QED) is 0.168. The van der Waals surface area contributed by atoms with E-state index in [1.807, 2.05) is 11.8 Å². The minimum absolute atomic E-state index is 0.265. The maximum Gasteiger partial charge on any atom is 0.269 e. The lowest BCUT2D eigenvalue weighted by molar-refractivity contribution is 0.0943. The van der Waals surface area contributed by atoms with Gasteiger partial charge in [0.15, 0.2) is 10.2 Å². The molecule has 0 aliphatic carbocycles. The Morgan fingerprint density at radius 2 is 1.39 bits per heavy atom. The molecule has 6 N–H and O–H groups in total. The molecule has 1 amide bonds. The zero-order chi connectivity index (χ0) is 20.6. The number of benzene rings is 1. The summed E-state index contributed by atoms with van der Waals surface area (Å²) >= 11 is 13.9. The largest absolute Gasteiger partial charge is 0.361 e. The Morgan fingerprint density at radius 3 is 1.93 bits per heavy atom. The predicted molar refractivity (Wildman–Crippen MR) is 131 cm³/mol. The second kappa shape index (κ2) is 15.5. The van der Waals surface area contributed by atoms with Crippen molar-refractivity contribution in [2.75, 3.05) is 42.5 Å². The van der Waals surface area contributed by atoms with E-state index in [-0.39, 0.29) is 5.91 Å². The molecule has 1 aromatic carbocycles. The van der Waals surface area contributed by atoms with Gasteiger partial charge in [0, 0.05) is 18.7 Å². The molecule has 11 heteroatoms. The van der Waals surface area contributed by atoms with E-state index in [0.29, 0.717) is 15.8 Å². The Hall–Kier alpha value is -1.43. The van der Waals surface area contributed by atoms with Crippen molar-refractivity contribution in [1.29, 1.82) is 0 Å². The van der Waals surface area contributed by atoms with Crippen molar-refractivity contribution in [1.82, 2.24) is 26.9 Å². The number of hydrogen-bond donors (Lipinski definition) is 6. The van der Waals surface area contributed by atoms with Gasteiger partial charge in [-0.3, -0.25) is 26.5 Å². The zero-order valence-corrected chi connectivity index (χ0v) is 19.4. The van der Waals surface area contributed by atoms with E-state index >= 15 is 0 Å². The SMILES string of the molecule is CSCCCNC(=S)NNC(=O)c1ccc(NNC(=S)NCCCSC)cc1. The van der Waals surface area contributed by atoms with Crippen molar-refractivity contribution in [3.05, 3.63) is 29.8 Å². The van der Waals surface area contributed by atoms with Crippen LogP contribution in [0.4, 0.5) is 5.69 Å². The highest BCUT2D eigenvalue weighted by Crippen LogP contribution is 2.08. The Balaban J connectivity index is 2.28. The highest BCUT2D eigenvalue weighted by Gasteiger charge is 2.06. The van der Waals surface area contributed by atoms with E-state index in [1.54, 1.807) is 36.0 Å². The van der Waals surface area contributed by atoms with E-state index < -0.39 is 0 Å². The number of rotatable bonds is 11. The summed E-state index contributed by atoms with van der Waals surface area (Å²) in [7, 11) is 0. The maximum atomic E-state index is 12.1. The molecule has 1 rings (SSSR count). The van der Waals surface area contributed by atoms with Gasteiger partial charge in [0.1, 0.15) is 0 Å². The lowest BCUT2D eigenvalue weighted by Crippen LogP contribution is -2.47. The molecule has 0 heterocycles.